The third-order valence-corrected chi connectivity index (χ3v) is 4.19. The fourth-order valence-electron chi connectivity index (χ4n) is 3.31. The number of rotatable bonds is 4. The highest BCUT2D eigenvalue weighted by molar-refractivity contribution is 4.85. The standard InChI is InChI=1S/C13H27N3/c14-8-3-5-12-4-1-2-11-16(12)13-6-9-15-10-7-13/h12-13,15H,1-11,14H2. The maximum atomic E-state index is 5.64. The maximum absolute atomic E-state index is 5.64. The molecule has 3 N–H and O–H groups in total. The first kappa shape index (κ1) is 12.3. The Morgan fingerprint density at radius 3 is 2.69 bits per heavy atom. The number of nitrogens with one attached hydrogen (secondary N) is 1. The Balaban J connectivity index is 1.86. The van der Waals surface area contributed by atoms with Crippen molar-refractivity contribution in [2.45, 2.75) is 57.0 Å². The average Bonchev–Trinajstić information content (AvgIpc) is 2.38. The fraction of sp³-hybridized carbons (Fsp3) is 1.00. The molecule has 1 atom stereocenters. The van der Waals surface area contributed by atoms with Gasteiger partial charge in [-0.15, -0.1) is 0 Å². The Morgan fingerprint density at radius 1 is 1.12 bits per heavy atom. The monoisotopic (exact) mass is 225 g/mol. The van der Waals surface area contributed by atoms with Gasteiger partial charge in [-0.3, -0.25) is 4.90 Å². The van der Waals surface area contributed by atoms with Crippen LogP contribution in [-0.4, -0.2) is 43.2 Å². The molecule has 0 aromatic carbocycles. The molecule has 2 rings (SSSR count). The van der Waals surface area contributed by atoms with E-state index in [4.69, 9.17) is 5.73 Å². The summed E-state index contributed by atoms with van der Waals surface area (Å²) in [5.41, 5.74) is 5.64. The van der Waals surface area contributed by atoms with Crippen molar-refractivity contribution in [3.05, 3.63) is 0 Å². The van der Waals surface area contributed by atoms with E-state index in [0.717, 1.165) is 18.6 Å². The second-order valence-corrected chi connectivity index (χ2v) is 5.30. The van der Waals surface area contributed by atoms with Crippen molar-refractivity contribution in [1.82, 2.24) is 10.2 Å². The molecule has 3 nitrogen and oxygen atoms in total. The number of nitrogens with zero attached hydrogens (tertiary/aromatic N) is 1. The lowest BCUT2D eigenvalue weighted by atomic mass is 9.93. The van der Waals surface area contributed by atoms with Crippen LogP contribution < -0.4 is 11.1 Å². The molecule has 2 aliphatic rings. The van der Waals surface area contributed by atoms with Gasteiger partial charge < -0.3 is 11.1 Å². The molecule has 0 aliphatic carbocycles. The molecular formula is C13H27N3. The molecule has 0 amide bonds. The van der Waals surface area contributed by atoms with Crippen LogP contribution in [0.4, 0.5) is 0 Å². The third-order valence-electron chi connectivity index (χ3n) is 4.19. The van der Waals surface area contributed by atoms with E-state index >= 15 is 0 Å². The van der Waals surface area contributed by atoms with Crippen LogP contribution in [0.2, 0.25) is 0 Å². The molecule has 0 aromatic heterocycles. The molecule has 0 bridgehead atoms. The van der Waals surface area contributed by atoms with Gasteiger partial charge in [0.25, 0.3) is 0 Å². The summed E-state index contributed by atoms with van der Waals surface area (Å²) < 4.78 is 0. The quantitative estimate of drug-likeness (QED) is 0.758. The van der Waals surface area contributed by atoms with Crippen molar-refractivity contribution in [3.63, 3.8) is 0 Å². The van der Waals surface area contributed by atoms with Crippen LogP contribution in [-0.2, 0) is 0 Å². The van der Waals surface area contributed by atoms with Gasteiger partial charge in [-0.25, -0.2) is 0 Å². The minimum absolute atomic E-state index is 0.834. The van der Waals surface area contributed by atoms with E-state index in [2.05, 4.69) is 10.2 Å². The molecule has 16 heavy (non-hydrogen) atoms. The van der Waals surface area contributed by atoms with Gasteiger partial charge in [0, 0.05) is 12.1 Å². The largest absolute Gasteiger partial charge is 0.330 e. The lowest BCUT2D eigenvalue weighted by molar-refractivity contribution is 0.0707. The molecule has 2 heterocycles. The van der Waals surface area contributed by atoms with E-state index in [-0.39, 0.29) is 0 Å². The van der Waals surface area contributed by atoms with Gasteiger partial charge in [0.15, 0.2) is 0 Å². The summed E-state index contributed by atoms with van der Waals surface area (Å²) in [5.74, 6) is 0. The van der Waals surface area contributed by atoms with Crippen molar-refractivity contribution < 1.29 is 0 Å². The van der Waals surface area contributed by atoms with E-state index in [1.807, 2.05) is 0 Å². The van der Waals surface area contributed by atoms with Crippen molar-refractivity contribution in [2.24, 2.45) is 5.73 Å². The SMILES string of the molecule is NCCCC1CCCCN1C1CCNCC1. The van der Waals surface area contributed by atoms with Gasteiger partial charge in [0.1, 0.15) is 0 Å². The molecule has 0 aromatic rings. The highest BCUT2D eigenvalue weighted by Crippen LogP contribution is 2.26. The lowest BCUT2D eigenvalue weighted by Crippen LogP contribution is -2.50. The first-order valence-corrected chi connectivity index (χ1v) is 7.08. The van der Waals surface area contributed by atoms with E-state index in [9.17, 15) is 0 Å². The number of piperidine rings is 2. The predicted molar refractivity (Wildman–Crippen MR) is 68.5 cm³/mol. The van der Waals surface area contributed by atoms with Gasteiger partial charge >= 0.3 is 0 Å². The van der Waals surface area contributed by atoms with Crippen molar-refractivity contribution in [3.8, 4) is 0 Å². The van der Waals surface area contributed by atoms with Crippen LogP contribution in [0.15, 0.2) is 0 Å². The van der Waals surface area contributed by atoms with E-state index < -0.39 is 0 Å². The molecule has 94 valence electrons. The highest BCUT2D eigenvalue weighted by atomic mass is 15.2. The van der Waals surface area contributed by atoms with Gasteiger partial charge in [-0.2, -0.15) is 0 Å². The molecule has 2 aliphatic heterocycles. The Kier molecular flexibility index (Phi) is 5.07. The minimum Gasteiger partial charge on any atom is -0.330 e. The zero-order chi connectivity index (χ0) is 11.2. The van der Waals surface area contributed by atoms with Crippen molar-refractivity contribution in [2.75, 3.05) is 26.2 Å². The number of likely N-dealkylation sites (tertiary alicyclic amines) is 1. The molecule has 3 heteroatoms. The second kappa shape index (κ2) is 6.58. The Bertz CT molecular complexity index is 190. The van der Waals surface area contributed by atoms with Gasteiger partial charge in [-0.1, -0.05) is 6.42 Å². The molecule has 2 fully saturated rings. The summed E-state index contributed by atoms with van der Waals surface area (Å²) in [7, 11) is 0. The molecule has 0 saturated carbocycles. The number of nitrogens with two attached hydrogens (primary N) is 1. The van der Waals surface area contributed by atoms with Gasteiger partial charge in [0.05, 0.1) is 0 Å². The number of hydrogen-bond acceptors (Lipinski definition) is 3. The number of hydrogen-bond donors (Lipinski definition) is 2. The van der Waals surface area contributed by atoms with Crippen LogP contribution >= 0.6 is 0 Å². The molecule has 1 unspecified atom stereocenters. The van der Waals surface area contributed by atoms with E-state index in [1.165, 1.54) is 64.6 Å². The van der Waals surface area contributed by atoms with Crippen LogP contribution in [0, 0.1) is 0 Å². The molecule has 0 radical (unpaired) electrons. The zero-order valence-electron chi connectivity index (χ0n) is 10.5. The fourth-order valence-corrected chi connectivity index (χ4v) is 3.31. The van der Waals surface area contributed by atoms with Gasteiger partial charge in [-0.05, 0) is 64.7 Å². The minimum atomic E-state index is 0.834. The van der Waals surface area contributed by atoms with Crippen LogP contribution in [0.1, 0.15) is 44.9 Å². The predicted octanol–water partition coefficient (Wildman–Crippen LogP) is 1.33. The van der Waals surface area contributed by atoms with E-state index in [0.29, 0.717) is 0 Å². The average molecular weight is 225 g/mol. The zero-order valence-corrected chi connectivity index (χ0v) is 10.5. The summed E-state index contributed by atoms with van der Waals surface area (Å²) in [4.78, 5) is 2.81. The Hall–Kier alpha value is -0.120. The highest BCUT2D eigenvalue weighted by Gasteiger charge is 2.28. The summed E-state index contributed by atoms with van der Waals surface area (Å²) in [6, 6.07) is 1.68. The summed E-state index contributed by atoms with van der Waals surface area (Å²) in [6.07, 6.45) is 9.45. The van der Waals surface area contributed by atoms with Crippen molar-refractivity contribution >= 4 is 0 Å². The molecule has 2 saturated heterocycles. The first-order chi connectivity index (χ1) is 7.92. The maximum Gasteiger partial charge on any atom is 0.0122 e. The van der Waals surface area contributed by atoms with E-state index in [1.54, 1.807) is 0 Å². The molecule has 0 spiro atoms. The van der Waals surface area contributed by atoms with Crippen LogP contribution in [0.3, 0.4) is 0 Å². The van der Waals surface area contributed by atoms with Gasteiger partial charge in [0.2, 0.25) is 0 Å². The first-order valence-electron chi connectivity index (χ1n) is 7.08. The van der Waals surface area contributed by atoms with Crippen molar-refractivity contribution in [1.29, 1.82) is 0 Å². The van der Waals surface area contributed by atoms with Crippen LogP contribution in [0.5, 0.6) is 0 Å². The normalized spacial score (nSPS) is 29.4. The second-order valence-electron chi connectivity index (χ2n) is 5.30. The lowest BCUT2D eigenvalue weighted by Gasteiger charge is -2.43. The summed E-state index contributed by atoms with van der Waals surface area (Å²) in [5, 5.41) is 3.47. The summed E-state index contributed by atoms with van der Waals surface area (Å²) in [6.45, 7) is 4.62. The third kappa shape index (κ3) is 3.19. The molecular weight excluding hydrogens is 198 g/mol. The summed E-state index contributed by atoms with van der Waals surface area (Å²) >= 11 is 0. The van der Waals surface area contributed by atoms with Crippen LogP contribution in [0.25, 0.3) is 0 Å². The smallest absolute Gasteiger partial charge is 0.0122 e. The Morgan fingerprint density at radius 2 is 1.94 bits per heavy atom. The topological polar surface area (TPSA) is 41.3 Å². The Labute approximate surface area is 99.8 Å².